The highest BCUT2D eigenvalue weighted by Crippen LogP contribution is 2.52. The van der Waals surface area contributed by atoms with E-state index in [1.54, 1.807) is 11.8 Å². The van der Waals surface area contributed by atoms with Gasteiger partial charge in [-0.15, -0.1) is 11.8 Å². The average Bonchev–Trinajstić information content (AvgIpc) is 2.28. The van der Waals surface area contributed by atoms with Crippen LogP contribution >= 0.6 is 11.8 Å². The van der Waals surface area contributed by atoms with Crippen molar-refractivity contribution in [3.8, 4) is 0 Å². The monoisotopic (exact) mass is 250 g/mol. The molecule has 0 bridgehead atoms. The molecule has 1 aliphatic carbocycles. The number of hydrogen-bond donors (Lipinski definition) is 1. The lowest BCUT2D eigenvalue weighted by atomic mass is 9.70. The van der Waals surface area contributed by atoms with E-state index in [0.29, 0.717) is 5.92 Å². The largest absolute Gasteiger partial charge is 0.480 e. The van der Waals surface area contributed by atoms with Crippen LogP contribution in [0, 0.1) is 0 Å². The smallest absolute Gasteiger partial charge is 0.319 e. The van der Waals surface area contributed by atoms with E-state index in [4.69, 9.17) is 0 Å². The summed E-state index contributed by atoms with van der Waals surface area (Å²) in [5.74, 6) is 0.730. The van der Waals surface area contributed by atoms with Crippen LogP contribution in [0.15, 0.2) is 30.3 Å². The zero-order chi connectivity index (χ0) is 12.3. The van der Waals surface area contributed by atoms with Crippen LogP contribution in [0.4, 0.5) is 0 Å². The van der Waals surface area contributed by atoms with Gasteiger partial charge in [-0.05, 0) is 36.5 Å². The molecule has 2 rings (SSSR count). The van der Waals surface area contributed by atoms with Gasteiger partial charge in [-0.25, -0.2) is 0 Å². The summed E-state index contributed by atoms with van der Waals surface area (Å²) >= 11 is 1.62. The van der Waals surface area contributed by atoms with Crippen LogP contribution in [0.2, 0.25) is 0 Å². The van der Waals surface area contributed by atoms with Crippen molar-refractivity contribution < 1.29 is 9.90 Å². The summed E-state index contributed by atoms with van der Waals surface area (Å²) < 4.78 is -0.517. The molecule has 1 N–H and O–H groups in total. The third-order valence-electron chi connectivity index (χ3n) is 3.40. The van der Waals surface area contributed by atoms with Crippen molar-refractivity contribution >= 4 is 17.7 Å². The zero-order valence-electron chi connectivity index (χ0n) is 10.1. The molecule has 0 spiro atoms. The Kier molecular flexibility index (Phi) is 3.77. The lowest BCUT2D eigenvalue weighted by molar-refractivity contribution is -0.142. The second-order valence-electron chi connectivity index (χ2n) is 4.66. The average molecular weight is 250 g/mol. The fraction of sp³-hybridized carbons (Fsp3) is 0.500. The number of thioether (sulfide) groups is 1. The van der Waals surface area contributed by atoms with E-state index in [0.717, 1.165) is 25.0 Å². The Balaban J connectivity index is 2.01. The van der Waals surface area contributed by atoms with Crippen LogP contribution in [0.25, 0.3) is 0 Å². The highest BCUT2D eigenvalue weighted by Gasteiger charge is 2.50. The van der Waals surface area contributed by atoms with Gasteiger partial charge in [0, 0.05) is 0 Å². The van der Waals surface area contributed by atoms with Crippen LogP contribution in [0.5, 0.6) is 0 Å². The molecule has 1 saturated carbocycles. The highest BCUT2D eigenvalue weighted by atomic mass is 32.2. The first-order valence-corrected chi connectivity index (χ1v) is 7.09. The predicted molar refractivity (Wildman–Crippen MR) is 71.5 cm³/mol. The zero-order valence-corrected chi connectivity index (χ0v) is 10.9. The molecule has 0 saturated heterocycles. The van der Waals surface area contributed by atoms with Crippen molar-refractivity contribution in [3.05, 3.63) is 35.9 Å². The van der Waals surface area contributed by atoms with Crippen LogP contribution in [-0.2, 0) is 4.79 Å². The Morgan fingerprint density at radius 2 is 2.06 bits per heavy atom. The normalized spacial score (nSPS) is 27.5. The molecule has 3 heteroatoms. The highest BCUT2D eigenvalue weighted by molar-refractivity contribution is 8.01. The molecule has 0 aromatic heterocycles. The second-order valence-corrected chi connectivity index (χ2v) is 6.14. The maximum atomic E-state index is 11.4. The third kappa shape index (κ3) is 2.49. The molecule has 92 valence electrons. The summed E-state index contributed by atoms with van der Waals surface area (Å²) in [7, 11) is 0. The number of aliphatic carboxylic acids is 1. The Hall–Kier alpha value is -0.960. The molecule has 0 heterocycles. The number of carbonyl (C=O) groups is 1. The maximum absolute atomic E-state index is 11.4. The molecule has 1 aliphatic rings. The van der Waals surface area contributed by atoms with Gasteiger partial charge in [0.1, 0.15) is 4.75 Å². The van der Waals surface area contributed by atoms with Gasteiger partial charge in [0.15, 0.2) is 0 Å². The Bertz CT molecular complexity index is 382. The summed E-state index contributed by atoms with van der Waals surface area (Å²) in [5, 5.41) is 9.35. The van der Waals surface area contributed by atoms with Crippen LogP contribution < -0.4 is 0 Å². The number of hydrogen-bond acceptors (Lipinski definition) is 2. The van der Waals surface area contributed by atoms with E-state index in [2.05, 4.69) is 19.1 Å². The van der Waals surface area contributed by atoms with E-state index >= 15 is 0 Å². The molecule has 0 amide bonds. The van der Waals surface area contributed by atoms with Gasteiger partial charge in [-0.1, -0.05) is 37.3 Å². The summed E-state index contributed by atoms with van der Waals surface area (Å²) in [6, 6.07) is 10.2. The topological polar surface area (TPSA) is 37.3 Å². The molecule has 0 unspecified atom stereocenters. The molecular formula is C14H18O2S. The number of benzene rings is 1. The Labute approximate surface area is 106 Å². The Morgan fingerprint density at radius 3 is 2.59 bits per heavy atom. The van der Waals surface area contributed by atoms with Crippen LogP contribution in [-0.4, -0.2) is 21.6 Å². The van der Waals surface area contributed by atoms with Gasteiger partial charge in [0.2, 0.25) is 0 Å². The van der Waals surface area contributed by atoms with Crippen molar-refractivity contribution in [2.75, 3.05) is 5.75 Å². The van der Waals surface area contributed by atoms with Gasteiger partial charge in [0.05, 0.1) is 0 Å². The van der Waals surface area contributed by atoms with Crippen molar-refractivity contribution in [2.24, 2.45) is 0 Å². The summed E-state index contributed by atoms with van der Waals surface area (Å²) in [6.45, 7) is 2.09. The second kappa shape index (κ2) is 5.13. The number of carboxylic acids is 1. The minimum absolute atomic E-state index is 0.427. The Morgan fingerprint density at radius 1 is 1.41 bits per heavy atom. The SMILES string of the molecule is CCCSC1(C(=O)O)CC(c2ccccc2)C1. The fourth-order valence-electron chi connectivity index (χ4n) is 2.35. The van der Waals surface area contributed by atoms with Crippen LogP contribution in [0.3, 0.4) is 0 Å². The molecule has 0 radical (unpaired) electrons. The molecule has 2 nitrogen and oxygen atoms in total. The first-order valence-electron chi connectivity index (χ1n) is 6.10. The number of carboxylic acid groups (broad SMARTS) is 1. The van der Waals surface area contributed by atoms with Crippen molar-refractivity contribution in [2.45, 2.75) is 36.9 Å². The minimum atomic E-state index is -0.636. The van der Waals surface area contributed by atoms with Crippen LogP contribution in [0.1, 0.15) is 37.7 Å². The molecule has 0 atom stereocenters. The van der Waals surface area contributed by atoms with E-state index in [-0.39, 0.29) is 0 Å². The van der Waals surface area contributed by atoms with E-state index in [9.17, 15) is 9.90 Å². The van der Waals surface area contributed by atoms with E-state index in [1.165, 1.54) is 5.56 Å². The summed E-state index contributed by atoms with van der Waals surface area (Å²) in [5.41, 5.74) is 1.28. The predicted octanol–water partition coefficient (Wildman–Crippen LogP) is 3.53. The van der Waals surface area contributed by atoms with Gasteiger partial charge < -0.3 is 5.11 Å². The van der Waals surface area contributed by atoms with Gasteiger partial charge >= 0.3 is 5.97 Å². The molecule has 1 aromatic rings. The quantitative estimate of drug-likeness (QED) is 0.868. The molecule has 1 fully saturated rings. The van der Waals surface area contributed by atoms with Crippen molar-refractivity contribution in [3.63, 3.8) is 0 Å². The lowest BCUT2D eigenvalue weighted by Crippen LogP contribution is -2.46. The molecule has 17 heavy (non-hydrogen) atoms. The lowest BCUT2D eigenvalue weighted by Gasteiger charge is -2.44. The minimum Gasteiger partial charge on any atom is -0.480 e. The van der Waals surface area contributed by atoms with E-state index in [1.807, 2.05) is 18.2 Å². The molecule has 0 aliphatic heterocycles. The first kappa shape index (κ1) is 12.5. The number of rotatable bonds is 5. The fourth-order valence-corrected chi connectivity index (χ4v) is 3.71. The molecular weight excluding hydrogens is 232 g/mol. The van der Waals surface area contributed by atoms with Gasteiger partial charge in [-0.3, -0.25) is 4.79 Å². The first-order chi connectivity index (χ1) is 8.18. The molecule has 1 aromatic carbocycles. The van der Waals surface area contributed by atoms with Crippen molar-refractivity contribution in [1.29, 1.82) is 0 Å². The van der Waals surface area contributed by atoms with E-state index < -0.39 is 10.7 Å². The summed E-state index contributed by atoms with van der Waals surface area (Å²) in [6.07, 6.45) is 2.59. The van der Waals surface area contributed by atoms with Gasteiger partial charge in [-0.2, -0.15) is 0 Å². The van der Waals surface area contributed by atoms with Gasteiger partial charge in [0.25, 0.3) is 0 Å². The summed E-state index contributed by atoms with van der Waals surface area (Å²) in [4.78, 5) is 11.4. The third-order valence-corrected chi connectivity index (χ3v) is 5.07. The standard InChI is InChI=1S/C14H18O2S/c1-2-8-17-14(13(15)16)9-12(10-14)11-6-4-3-5-7-11/h3-7,12H,2,8-10H2,1H3,(H,15,16). The maximum Gasteiger partial charge on any atom is 0.319 e. The van der Waals surface area contributed by atoms with Crippen molar-refractivity contribution in [1.82, 2.24) is 0 Å².